The van der Waals surface area contributed by atoms with Crippen molar-refractivity contribution >= 4 is 11.7 Å². The zero-order chi connectivity index (χ0) is 13.8. The molecule has 0 saturated carbocycles. The zero-order valence-corrected chi connectivity index (χ0v) is 11.4. The van der Waals surface area contributed by atoms with Crippen molar-refractivity contribution in [2.45, 2.75) is 13.5 Å². The van der Waals surface area contributed by atoms with Gasteiger partial charge in [-0.1, -0.05) is 29.8 Å². The molecule has 2 aromatic rings. The summed E-state index contributed by atoms with van der Waals surface area (Å²) in [5.41, 5.74) is 3.02. The number of nitrogens with zero attached hydrogens (tertiary/aromatic N) is 3. The number of carbonyl (C=O) groups excluding carboxylic acids is 1. The van der Waals surface area contributed by atoms with E-state index in [1.54, 1.807) is 29.0 Å². The van der Waals surface area contributed by atoms with Crippen molar-refractivity contribution in [3.8, 4) is 0 Å². The van der Waals surface area contributed by atoms with Gasteiger partial charge < -0.3 is 10.2 Å². The Morgan fingerprint density at radius 2 is 2.05 bits per heavy atom. The Bertz CT molecular complexity index is 559. The summed E-state index contributed by atoms with van der Waals surface area (Å²) in [4.78, 5) is 13.6. The monoisotopic (exact) mass is 258 g/mol. The molecule has 19 heavy (non-hydrogen) atoms. The summed E-state index contributed by atoms with van der Waals surface area (Å²) in [6.07, 6.45) is 3.38. The smallest absolute Gasteiger partial charge is 0.321 e. The summed E-state index contributed by atoms with van der Waals surface area (Å²) in [7, 11) is 3.58. The van der Waals surface area contributed by atoms with Gasteiger partial charge in [-0.15, -0.1) is 0 Å². The van der Waals surface area contributed by atoms with Crippen LogP contribution in [0.3, 0.4) is 0 Å². The average Bonchev–Trinajstić information content (AvgIpc) is 2.77. The number of hydrogen-bond donors (Lipinski definition) is 1. The standard InChI is InChI=1S/C14H18N4O/c1-11-4-6-12(7-5-11)9-17(2)14(19)16-13-8-15-18(3)10-13/h4-8,10H,9H2,1-3H3,(H,16,19). The highest BCUT2D eigenvalue weighted by Crippen LogP contribution is 2.08. The Hall–Kier alpha value is -2.30. The maximum absolute atomic E-state index is 12.0. The van der Waals surface area contributed by atoms with Crippen LogP contribution in [0.15, 0.2) is 36.7 Å². The Morgan fingerprint density at radius 1 is 1.37 bits per heavy atom. The van der Waals surface area contributed by atoms with Gasteiger partial charge in [0, 0.05) is 26.8 Å². The van der Waals surface area contributed by atoms with Crippen LogP contribution in [0, 0.1) is 6.92 Å². The molecule has 2 rings (SSSR count). The minimum atomic E-state index is -0.145. The van der Waals surface area contributed by atoms with Crippen LogP contribution in [0.5, 0.6) is 0 Å². The summed E-state index contributed by atoms with van der Waals surface area (Å²) in [5, 5.41) is 6.80. The summed E-state index contributed by atoms with van der Waals surface area (Å²) >= 11 is 0. The summed E-state index contributed by atoms with van der Waals surface area (Å²) in [6.45, 7) is 2.62. The number of amides is 2. The molecule has 1 N–H and O–H groups in total. The van der Waals surface area contributed by atoms with Crippen molar-refractivity contribution < 1.29 is 4.79 Å². The molecule has 0 spiro atoms. The van der Waals surface area contributed by atoms with Gasteiger partial charge in [-0.05, 0) is 12.5 Å². The number of aryl methyl sites for hydroxylation is 2. The lowest BCUT2D eigenvalue weighted by Crippen LogP contribution is -2.30. The van der Waals surface area contributed by atoms with Gasteiger partial charge >= 0.3 is 6.03 Å². The third kappa shape index (κ3) is 3.58. The molecule has 0 aliphatic rings. The van der Waals surface area contributed by atoms with Crippen LogP contribution < -0.4 is 5.32 Å². The molecule has 0 saturated heterocycles. The molecule has 5 nitrogen and oxygen atoms in total. The van der Waals surface area contributed by atoms with Gasteiger partial charge in [0.1, 0.15) is 0 Å². The van der Waals surface area contributed by atoms with Crippen LogP contribution in [0.1, 0.15) is 11.1 Å². The maximum Gasteiger partial charge on any atom is 0.321 e. The number of urea groups is 1. The molecular formula is C14H18N4O. The number of aromatic nitrogens is 2. The highest BCUT2D eigenvalue weighted by Gasteiger charge is 2.10. The first-order valence-electron chi connectivity index (χ1n) is 6.11. The molecule has 0 fully saturated rings. The first-order chi connectivity index (χ1) is 9.04. The summed E-state index contributed by atoms with van der Waals surface area (Å²) in [5.74, 6) is 0. The lowest BCUT2D eigenvalue weighted by molar-refractivity contribution is 0.220. The van der Waals surface area contributed by atoms with Crippen molar-refractivity contribution in [3.63, 3.8) is 0 Å². The molecular weight excluding hydrogens is 240 g/mol. The average molecular weight is 258 g/mol. The lowest BCUT2D eigenvalue weighted by atomic mass is 10.1. The van der Waals surface area contributed by atoms with Crippen LogP contribution in [-0.4, -0.2) is 27.8 Å². The molecule has 1 aromatic carbocycles. The molecule has 0 aliphatic carbocycles. The van der Waals surface area contributed by atoms with Crippen LogP contribution >= 0.6 is 0 Å². The fourth-order valence-corrected chi connectivity index (χ4v) is 1.74. The second kappa shape index (κ2) is 5.56. The first kappa shape index (κ1) is 13.1. The first-order valence-corrected chi connectivity index (χ1v) is 6.11. The molecule has 0 atom stereocenters. The number of rotatable bonds is 3. The molecule has 5 heteroatoms. The van der Waals surface area contributed by atoms with Gasteiger partial charge in [-0.2, -0.15) is 5.10 Å². The second-order valence-electron chi connectivity index (χ2n) is 4.67. The minimum absolute atomic E-state index is 0.145. The van der Waals surface area contributed by atoms with E-state index < -0.39 is 0 Å². The molecule has 0 bridgehead atoms. The molecule has 1 aromatic heterocycles. The van der Waals surface area contributed by atoms with E-state index >= 15 is 0 Å². The predicted molar refractivity (Wildman–Crippen MR) is 74.9 cm³/mol. The SMILES string of the molecule is Cc1ccc(CN(C)C(=O)Nc2cnn(C)c2)cc1. The van der Waals surface area contributed by atoms with E-state index in [2.05, 4.69) is 10.4 Å². The highest BCUT2D eigenvalue weighted by molar-refractivity contribution is 5.88. The van der Waals surface area contributed by atoms with Crippen molar-refractivity contribution in [2.75, 3.05) is 12.4 Å². The fourth-order valence-electron chi connectivity index (χ4n) is 1.74. The Labute approximate surface area is 112 Å². The quantitative estimate of drug-likeness (QED) is 0.919. The van der Waals surface area contributed by atoms with Crippen LogP contribution in [0.4, 0.5) is 10.5 Å². The van der Waals surface area contributed by atoms with Gasteiger partial charge in [-0.3, -0.25) is 4.68 Å². The second-order valence-corrected chi connectivity index (χ2v) is 4.67. The predicted octanol–water partition coefficient (Wildman–Crippen LogP) is 2.39. The molecule has 0 radical (unpaired) electrons. The van der Waals surface area contributed by atoms with Crippen LogP contribution in [0.25, 0.3) is 0 Å². The van der Waals surface area contributed by atoms with Crippen molar-refractivity contribution in [1.82, 2.24) is 14.7 Å². The van der Waals surface area contributed by atoms with E-state index in [0.29, 0.717) is 12.2 Å². The largest absolute Gasteiger partial charge is 0.323 e. The third-order valence-electron chi connectivity index (χ3n) is 2.84. The summed E-state index contributed by atoms with van der Waals surface area (Å²) in [6, 6.07) is 8.00. The van der Waals surface area contributed by atoms with Crippen LogP contribution in [-0.2, 0) is 13.6 Å². The number of hydrogen-bond acceptors (Lipinski definition) is 2. The zero-order valence-electron chi connectivity index (χ0n) is 11.4. The normalized spacial score (nSPS) is 10.3. The molecule has 1 heterocycles. The van der Waals surface area contributed by atoms with Crippen molar-refractivity contribution in [3.05, 3.63) is 47.8 Å². The van der Waals surface area contributed by atoms with Gasteiger partial charge in [-0.25, -0.2) is 4.79 Å². The van der Waals surface area contributed by atoms with Gasteiger partial charge in [0.2, 0.25) is 0 Å². The van der Waals surface area contributed by atoms with Gasteiger partial charge in [0.05, 0.1) is 11.9 Å². The van der Waals surface area contributed by atoms with Gasteiger partial charge in [0.25, 0.3) is 0 Å². The lowest BCUT2D eigenvalue weighted by Gasteiger charge is -2.17. The fraction of sp³-hybridized carbons (Fsp3) is 0.286. The summed E-state index contributed by atoms with van der Waals surface area (Å²) < 4.78 is 1.65. The molecule has 0 aliphatic heterocycles. The van der Waals surface area contributed by atoms with E-state index in [1.807, 2.05) is 38.2 Å². The maximum atomic E-state index is 12.0. The number of nitrogens with one attached hydrogen (secondary N) is 1. The topological polar surface area (TPSA) is 50.2 Å². The number of carbonyl (C=O) groups is 1. The van der Waals surface area contributed by atoms with Crippen molar-refractivity contribution in [1.29, 1.82) is 0 Å². The van der Waals surface area contributed by atoms with E-state index in [1.165, 1.54) is 5.56 Å². The molecule has 100 valence electrons. The number of benzene rings is 1. The van der Waals surface area contributed by atoms with E-state index in [-0.39, 0.29) is 6.03 Å². The minimum Gasteiger partial charge on any atom is -0.323 e. The molecule has 2 amide bonds. The van der Waals surface area contributed by atoms with Crippen LogP contribution in [0.2, 0.25) is 0 Å². The van der Waals surface area contributed by atoms with Gasteiger partial charge in [0.15, 0.2) is 0 Å². The Balaban J connectivity index is 1.94. The van der Waals surface area contributed by atoms with E-state index in [4.69, 9.17) is 0 Å². The van der Waals surface area contributed by atoms with E-state index in [0.717, 1.165) is 5.56 Å². The van der Waals surface area contributed by atoms with E-state index in [9.17, 15) is 4.79 Å². The third-order valence-corrected chi connectivity index (χ3v) is 2.84. The number of anilines is 1. The Morgan fingerprint density at radius 3 is 2.63 bits per heavy atom. The highest BCUT2D eigenvalue weighted by atomic mass is 16.2. The Kier molecular flexibility index (Phi) is 3.85. The van der Waals surface area contributed by atoms with Crippen molar-refractivity contribution in [2.24, 2.45) is 7.05 Å². The molecule has 0 unspecified atom stereocenters.